The average molecular weight is 363 g/mol. The summed E-state index contributed by atoms with van der Waals surface area (Å²) in [5.41, 5.74) is 4.73. The van der Waals surface area contributed by atoms with E-state index in [-0.39, 0.29) is 0 Å². The van der Waals surface area contributed by atoms with Crippen molar-refractivity contribution in [3.63, 3.8) is 0 Å². The molecule has 0 radical (unpaired) electrons. The van der Waals surface area contributed by atoms with Crippen molar-refractivity contribution in [2.75, 3.05) is 12.4 Å². The number of ether oxygens (including phenoxy) is 1. The van der Waals surface area contributed by atoms with Gasteiger partial charge in [0.2, 0.25) is 0 Å². The lowest BCUT2D eigenvalue weighted by atomic mass is 10.1. The molecule has 26 heavy (non-hydrogen) atoms. The van der Waals surface area contributed by atoms with Crippen molar-refractivity contribution in [2.24, 2.45) is 0 Å². The molecule has 0 bridgehead atoms. The van der Waals surface area contributed by atoms with Crippen LogP contribution in [0.15, 0.2) is 64.5 Å². The van der Waals surface area contributed by atoms with Crippen LogP contribution in [0.4, 0.5) is 10.8 Å². The van der Waals surface area contributed by atoms with Gasteiger partial charge in [-0.25, -0.2) is 4.98 Å². The smallest absolute Gasteiger partial charge is 0.187 e. The van der Waals surface area contributed by atoms with E-state index in [0.717, 1.165) is 33.5 Å². The first-order valence-corrected chi connectivity index (χ1v) is 9.00. The van der Waals surface area contributed by atoms with Crippen molar-refractivity contribution in [3.05, 3.63) is 65.5 Å². The van der Waals surface area contributed by atoms with E-state index in [0.29, 0.717) is 5.76 Å². The van der Waals surface area contributed by atoms with Gasteiger partial charge in [-0.05, 0) is 43.3 Å². The van der Waals surface area contributed by atoms with Crippen LogP contribution < -0.4 is 10.1 Å². The van der Waals surface area contributed by atoms with Gasteiger partial charge in [0, 0.05) is 22.7 Å². The summed E-state index contributed by atoms with van der Waals surface area (Å²) < 4.78 is 10.7. The third-order valence-electron chi connectivity index (χ3n) is 3.96. The zero-order chi connectivity index (χ0) is 17.9. The Kier molecular flexibility index (Phi) is 4.41. The first kappa shape index (κ1) is 16.4. The van der Waals surface area contributed by atoms with Crippen LogP contribution >= 0.6 is 11.3 Å². The molecular weight excluding hydrogens is 346 g/mol. The van der Waals surface area contributed by atoms with Gasteiger partial charge in [-0.3, -0.25) is 0 Å². The molecule has 0 saturated heterocycles. The van der Waals surface area contributed by atoms with E-state index < -0.39 is 0 Å². The van der Waals surface area contributed by atoms with E-state index in [4.69, 9.17) is 9.26 Å². The van der Waals surface area contributed by atoms with Crippen molar-refractivity contribution in [3.8, 4) is 28.5 Å². The lowest BCUT2D eigenvalue weighted by molar-refractivity contribution is 0.415. The number of aromatic nitrogens is 2. The van der Waals surface area contributed by atoms with Gasteiger partial charge in [0.15, 0.2) is 10.9 Å². The lowest BCUT2D eigenvalue weighted by Gasteiger charge is -2.02. The Labute approximate surface area is 155 Å². The van der Waals surface area contributed by atoms with E-state index >= 15 is 0 Å². The number of methoxy groups -OCH3 is 1. The quantitative estimate of drug-likeness (QED) is 0.505. The molecule has 4 rings (SSSR count). The van der Waals surface area contributed by atoms with Crippen LogP contribution in [0.25, 0.3) is 22.7 Å². The van der Waals surface area contributed by atoms with Gasteiger partial charge in [-0.15, -0.1) is 11.3 Å². The van der Waals surface area contributed by atoms with E-state index in [9.17, 15) is 0 Å². The Morgan fingerprint density at radius 1 is 1.00 bits per heavy atom. The van der Waals surface area contributed by atoms with Crippen LogP contribution in [0.2, 0.25) is 0 Å². The van der Waals surface area contributed by atoms with Crippen LogP contribution in [-0.2, 0) is 0 Å². The molecule has 6 heteroatoms. The summed E-state index contributed by atoms with van der Waals surface area (Å²) in [5, 5.41) is 10.2. The van der Waals surface area contributed by atoms with Crippen LogP contribution in [0.1, 0.15) is 5.56 Å². The number of nitrogens with zero attached hydrogens (tertiary/aromatic N) is 2. The first-order valence-electron chi connectivity index (χ1n) is 8.12. The minimum atomic E-state index is 0.643. The van der Waals surface area contributed by atoms with Gasteiger partial charge >= 0.3 is 0 Å². The second-order valence-corrected chi connectivity index (χ2v) is 6.69. The van der Waals surface area contributed by atoms with E-state index in [2.05, 4.69) is 34.5 Å². The molecule has 0 unspecified atom stereocenters. The Hall–Kier alpha value is -3.12. The first-order chi connectivity index (χ1) is 12.7. The molecule has 0 aliphatic rings. The Balaban J connectivity index is 1.52. The van der Waals surface area contributed by atoms with Crippen molar-refractivity contribution in [1.29, 1.82) is 0 Å². The molecule has 0 aliphatic heterocycles. The Morgan fingerprint density at radius 3 is 2.50 bits per heavy atom. The number of rotatable bonds is 5. The largest absolute Gasteiger partial charge is 0.497 e. The van der Waals surface area contributed by atoms with Gasteiger partial charge < -0.3 is 14.6 Å². The maximum atomic E-state index is 5.48. The topological polar surface area (TPSA) is 60.2 Å². The van der Waals surface area contributed by atoms with Crippen LogP contribution in [0, 0.1) is 6.92 Å². The highest BCUT2D eigenvalue weighted by atomic mass is 32.1. The highest BCUT2D eigenvalue weighted by Crippen LogP contribution is 2.30. The molecule has 0 atom stereocenters. The van der Waals surface area contributed by atoms with Crippen LogP contribution in [0.3, 0.4) is 0 Å². The highest BCUT2D eigenvalue weighted by Gasteiger charge is 2.12. The zero-order valence-corrected chi connectivity index (χ0v) is 15.2. The standard InChI is InChI=1S/C20H17N3O2S/c1-13-3-7-15(8-4-13)21-20-22-18(12-26-20)19-11-17(23-25-19)14-5-9-16(24-2)10-6-14/h3-12H,1-2H3,(H,21,22). The number of nitrogens with one attached hydrogen (secondary N) is 1. The second-order valence-electron chi connectivity index (χ2n) is 5.83. The molecule has 0 fully saturated rings. The van der Waals surface area contributed by atoms with E-state index in [1.165, 1.54) is 16.9 Å². The zero-order valence-electron chi connectivity index (χ0n) is 14.4. The lowest BCUT2D eigenvalue weighted by Crippen LogP contribution is -1.89. The summed E-state index contributed by atoms with van der Waals surface area (Å²) in [4.78, 5) is 4.59. The maximum absolute atomic E-state index is 5.48. The predicted octanol–water partition coefficient (Wildman–Crippen LogP) is 5.53. The highest BCUT2D eigenvalue weighted by molar-refractivity contribution is 7.14. The van der Waals surface area contributed by atoms with Crippen molar-refractivity contribution in [2.45, 2.75) is 6.92 Å². The van der Waals surface area contributed by atoms with Gasteiger partial charge in [0.05, 0.1) is 7.11 Å². The minimum Gasteiger partial charge on any atom is -0.497 e. The van der Waals surface area contributed by atoms with Gasteiger partial charge in [0.1, 0.15) is 17.1 Å². The molecule has 0 saturated carbocycles. The molecule has 2 heterocycles. The van der Waals surface area contributed by atoms with E-state index in [1.807, 2.05) is 47.8 Å². The monoisotopic (exact) mass is 363 g/mol. The van der Waals surface area contributed by atoms with Gasteiger partial charge in [0.25, 0.3) is 0 Å². The number of aryl methyl sites for hydroxylation is 1. The van der Waals surface area contributed by atoms with Gasteiger partial charge in [-0.1, -0.05) is 22.9 Å². The number of benzene rings is 2. The summed E-state index contributed by atoms with van der Waals surface area (Å²) in [6, 6.07) is 17.8. The van der Waals surface area contributed by atoms with Crippen LogP contribution in [0.5, 0.6) is 5.75 Å². The number of anilines is 2. The molecule has 0 spiro atoms. The molecule has 130 valence electrons. The molecule has 0 amide bonds. The van der Waals surface area contributed by atoms with Crippen molar-refractivity contribution >= 4 is 22.2 Å². The third kappa shape index (κ3) is 3.45. The second kappa shape index (κ2) is 7.01. The number of hydrogen-bond donors (Lipinski definition) is 1. The molecule has 2 aromatic carbocycles. The normalized spacial score (nSPS) is 10.7. The number of thiazole rings is 1. The fourth-order valence-electron chi connectivity index (χ4n) is 2.50. The average Bonchev–Trinajstić information content (AvgIpc) is 3.33. The molecule has 5 nitrogen and oxygen atoms in total. The predicted molar refractivity (Wildman–Crippen MR) is 104 cm³/mol. The fraction of sp³-hybridized carbons (Fsp3) is 0.100. The molecule has 0 aliphatic carbocycles. The molecule has 4 aromatic rings. The summed E-state index contributed by atoms with van der Waals surface area (Å²) in [5.74, 6) is 1.45. The summed E-state index contributed by atoms with van der Waals surface area (Å²) in [6.45, 7) is 2.07. The fourth-order valence-corrected chi connectivity index (χ4v) is 3.22. The third-order valence-corrected chi connectivity index (χ3v) is 4.71. The summed E-state index contributed by atoms with van der Waals surface area (Å²) in [6.07, 6.45) is 0. The Bertz CT molecular complexity index is 1000. The summed E-state index contributed by atoms with van der Waals surface area (Å²) >= 11 is 1.53. The minimum absolute atomic E-state index is 0.643. The maximum Gasteiger partial charge on any atom is 0.187 e. The van der Waals surface area contributed by atoms with Crippen LogP contribution in [-0.4, -0.2) is 17.3 Å². The van der Waals surface area contributed by atoms with Crippen molar-refractivity contribution in [1.82, 2.24) is 10.1 Å². The van der Waals surface area contributed by atoms with Crippen molar-refractivity contribution < 1.29 is 9.26 Å². The molecule has 2 aromatic heterocycles. The molecule has 1 N–H and O–H groups in total. The SMILES string of the molecule is COc1ccc(-c2cc(-c3csc(Nc4ccc(C)cc4)n3)on2)cc1. The number of hydrogen-bond acceptors (Lipinski definition) is 6. The Morgan fingerprint density at radius 2 is 1.77 bits per heavy atom. The van der Waals surface area contributed by atoms with E-state index in [1.54, 1.807) is 7.11 Å². The molecular formula is C20H17N3O2S. The summed E-state index contributed by atoms with van der Waals surface area (Å²) in [7, 11) is 1.65. The van der Waals surface area contributed by atoms with Gasteiger partial charge in [-0.2, -0.15) is 0 Å².